The van der Waals surface area contributed by atoms with Crippen LogP contribution < -0.4 is 5.73 Å². The second-order valence-corrected chi connectivity index (χ2v) is 8.12. The molecule has 7 heteroatoms. The number of sulfonamides is 1. The zero-order valence-corrected chi connectivity index (χ0v) is 13.7. The maximum absolute atomic E-state index is 13.3. The fraction of sp³-hybridized carbons (Fsp3) is 0.571. The molecule has 0 radical (unpaired) electrons. The van der Waals surface area contributed by atoms with Gasteiger partial charge in [0.15, 0.2) is 0 Å². The van der Waals surface area contributed by atoms with Crippen LogP contribution in [0.4, 0.5) is 10.1 Å². The van der Waals surface area contributed by atoms with Gasteiger partial charge in [0.25, 0.3) is 0 Å². The smallest absolute Gasteiger partial charge is 0.244 e. The summed E-state index contributed by atoms with van der Waals surface area (Å²) in [6, 6.07) is 1.98. The molecule has 1 aliphatic rings. The molecule has 4 nitrogen and oxygen atoms in total. The lowest BCUT2D eigenvalue weighted by Gasteiger charge is -2.33. The Morgan fingerprint density at radius 2 is 2.05 bits per heavy atom. The van der Waals surface area contributed by atoms with Gasteiger partial charge >= 0.3 is 0 Å². The molecular weight excluding hydrogens is 315 g/mol. The third-order valence-electron chi connectivity index (χ3n) is 4.13. The highest BCUT2D eigenvalue weighted by Gasteiger charge is 2.32. The van der Waals surface area contributed by atoms with Crippen molar-refractivity contribution in [3.8, 4) is 0 Å². The van der Waals surface area contributed by atoms with Crippen LogP contribution in [-0.4, -0.2) is 25.8 Å². The standard InChI is InChI=1S/C14H20ClFN2O2S/c1-9-4-3-5-10(6-9)18(2)21(19,20)14-8-13(17)12(16)7-11(14)15/h7-10H,3-6,17H2,1-2H3. The topological polar surface area (TPSA) is 63.4 Å². The predicted octanol–water partition coefficient (Wildman–Crippen LogP) is 3.26. The summed E-state index contributed by atoms with van der Waals surface area (Å²) in [5.41, 5.74) is 5.25. The minimum atomic E-state index is -3.78. The second-order valence-electron chi connectivity index (χ2n) is 5.75. The second kappa shape index (κ2) is 6.10. The van der Waals surface area contributed by atoms with Crippen LogP contribution in [-0.2, 0) is 10.0 Å². The SMILES string of the molecule is CC1CCCC(N(C)S(=O)(=O)c2cc(N)c(F)cc2Cl)C1. The Morgan fingerprint density at radius 3 is 2.67 bits per heavy atom. The quantitative estimate of drug-likeness (QED) is 0.863. The Labute approximate surface area is 130 Å². The van der Waals surface area contributed by atoms with Crippen LogP contribution in [0.15, 0.2) is 17.0 Å². The van der Waals surface area contributed by atoms with Gasteiger partial charge in [-0.1, -0.05) is 31.4 Å². The molecule has 2 N–H and O–H groups in total. The Kier molecular flexibility index (Phi) is 4.80. The van der Waals surface area contributed by atoms with Crippen molar-refractivity contribution < 1.29 is 12.8 Å². The molecule has 0 saturated heterocycles. The van der Waals surface area contributed by atoms with Crippen LogP contribution in [0.3, 0.4) is 0 Å². The fourth-order valence-corrected chi connectivity index (χ4v) is 4.74. The van der Waals surface area contributed by atoms with Gasteiger partial charge in [0, 0.05) is 13.1 Å². The number of rotatable bonds is 3. The molecule has 0 bridgehead atoms. The zero-order chi connectivity index (χ0) is 15.8. The molecular formula is C14H20ClFN2O2S. The first-order valence-corrected chi connectivity index (χ1v) is 8.78. The molecule has 21 heavy (non-hydrogen) atoms. The van der Waals surface area contributed by atoms with Crippen LogP contribution in [0.1, 0.15) is 32.6 Å². The third-order valence-corrected chi connectivity index (χ3v) is 6.51. The van der Waals surface area contributed by atoms with Gasteiger partial charge in [0.05, 0.1) is 10.7 Å². The molecule has 1 saturated carbocycles. The number of nitrogens with zero attached hydrogens (tertiary/aromatic N) is 1. The van der Waals surface area contributed by atoms with Crippen LogP contribution >= 0.6 is 11.6 Å². The predicted molar refractivity (Wildman–Crippen MR) is 82.2 cm³/mol. The molecule has 1 aliphatic carbocycles. The van der Waals surface area contributed by atoms with Gasteiger partial charge in [-0.25, -0.2) is 12.8 Å². The van der Waals surface area contributed by atoms with E-state index in [0.717, 1.165) is 37.8 Å². The van der Waals surface area contributed by atoms with Crippen molar-refractivity contribution in [3.63, 3.8) is 0 Å². The third kappa shape index (κ3) is 3.33. The molecule has 0 amide bonds. The van der Waals surface area contributed by atoms with Crippen molar-refractivity contribution >= 4 is 27.3 Å². The van der Waals surface area contributed by atoms with Crippen LogP contribution in [0, 0.1) is 11.7 Å². The number of halogens is 2. The van der Waals surface area contributed by atoms with Crippen LogP contribution in [0.2, 0.25) is 5.02 Å². The first-order valence-electron chi connectivity index (χ1n) is 6.96. The summed E-state index contributed by atoms with van der Waals surface area (Å²) < 4.78 is 40.1. The summed E-state index contributed by atoms with van der Waals surface area (Å²) in [7, 11) is -2.23. The molecule has 0 heterocycles. The Bertz CT molecular complexity index is 636. The summed E-state index contributed by atoms with van der Waals surface area (Å²) in [6.07, 6.45) is 3.78. The summed E-state index contributed by atoms with van der Waals surface area (Å²) in [5, 5.41) is -0.141. The summed E-state index contributed by atoms with van der Waals surface area (Å²) in [5.74, 6) is -0.219. The normalized spacial score (nSPS) is 23.5. The highest BCUT2D eigenvalue weighted by Crippen LogP contribution is 2.33. The van der Waals surface area contributed by atoms with Crippen molar-refractivity contribution in [1.82, 2.24) is 4.31 Å². The maximum atomic E-state index is 13.3. The minimum absolute atomic E-state index is 0.0545. The first-order chi connectivity index (χ1) is 9.73. The Morgan fingerprint density at radius 1 is 1.38 bits per heavy atom. The van der Waals surface area contributed by atoms with E-state index in [1.807, 2.05) is 0 Å². The van der Waals surface area contributed by atoms with Crippen LogP contribution in [0.5, 0.6) is 0 Å². The van der Waals surface area contributed by atoms with Gasteiger partial charge in [0.2, 0.25) is 10.0 Å². The lowest BCUT2D eigenvalue weighted by atomic mass is 9.87. The summed E-state index contributed by atoms with van der Waals surface area (Å²) in [4.78, 5) is -0.135. The number of nitrogen functional groups attached to an aromatic ring is 1. The molecule has 2 atom stereocenters. The average Bonchev–Trinajstić information content (AvgIpc) is 2.41. The van der Waals surface area contributed by atoms with Crippen molar-refractivity contribution in [1.29, 1.82) is 0 Å². The largest absolute Gasteiger partial charge is 0.396 e. The van der Waals surface area contributed by atoms with Crippen molar-refractivity contribution in [2.45, 2.75) is 43.5 Å². The lowest BCUT2D eigenvalue weighted by molar-refractivity contribution is 0.239. The highest BCUT2D eigenvalue weighted by atomic mass is 35.5. The van der Waals surface area contributed by atoms with E-state index < -0.39 is 15.8 Å². The van der Waals surface area contributed by atoms with Gasteiger partial charge < -0.3 is 5.73 Å². The average molecular weight is 335 g/mol. The van der Waals surface area contributed by atoms with Crippen LogP contribution in [0.25, 0.3) is 0 Å². The molecule has 0 aliphatic heterocycles. The summed E-state index contributed by atoms with van der Waals surface area (Å²) >= 11 is 5.90. The van der Waals surface area contributed by atoms with Gasteiger partial charge in [-0.05, 0) is 30.9 Å². The Hall–Kier alpha value is -0.850. The molecule has 0 spiro atoms. The fourth-order valence-electron chi connectivity index (χ4n) is 2.83. The van der Waals surface area contributed by atoms with Gasteiger partial charge in [-0.3, -0.25) is 0 Å². The minimum Gasteiger partial charge on any atom is -0.396 e. The van der Waals surface area contributed by atoms with E-state index in [2.05, 4.69) is 6.92 Å². The van der Waals surface area contributed by atoms with E-state index in [1.54, 1.807) is 7.05 Å². The molecule has 0 aromatic heterocycles. The number of hydrogen-bond donors (Lipinski definition) is 1. The van der Waals surface area contributed by atoms with E-state index >= 15 is 0 Å². The van der Waals surface area contributed by atoms with Crippen molar-refractivity contribution in [2.75, 3.05) is 12.8 Å². The molecule has 1 fully saturated rings. The first kappa shape index (κ1) is 16.5. The van der Waals surface area contributed by atoms with E-state index in [9.17, 15) is 12.8 Å². The lowest BCUT2D eigenvalue weighted by Crippen LogP contribution is -2.39. The number of benzene rings is 1. The molecule has 2 unspecified atom stereocenters. The zero-order valence-electron chi connectivity index (χ0n) is 12.1. The summed E-state index contributed by atoms with van der Waals surface area (Å²) in [6.45, 7) is 2.12. The molecule has 2 rings (SSSR count). The molecule has 118 valence electrons. The van der Waals surface area contributed by atoms with E-state index in [0.29, 0.717) is 5.92 Å². The number of hydrogen-bond acceptors (Lipinski definition) is 3. The van der Waals surface area contributed by atoms with Gasteiger partial charge in [-0.15, -0.1) is 0 Å². The van der Waals surface area contributed by atoms with Gasteiger partial charge in [0.1, 0.15) is 10.7 Å². The van der Waals surface area contributed by atoms with Crippen molar-refractivity contribution in [2.24, 2.45) is 5.92 Å². The van der Waals surface area contributed by atoms with E-state index in [4.69, 9.17) is 17.3 Å². The van der Waals surface area contributed by atoms with E-state index in [1.165, 1.54) is 4.31 Å². The number of anilines is 1. The number of nitrogens with two attached hydrogens (primary N) is 1. The molecule has 1 aromatic carbocycles. The van der Waals surface area contributed by atoms with E-state index in [-0.39, 0.29) is 21.6 Å². The monoisotopic (exact) mass is 334 g/mol. The van der Waals surface area contributed by atoms with Crippen molar-refractivity contribution in [3.05, 3.63) is 23.0 Å². The Balaban J connectivity index is 2.35. The van der Waals surface area contributed by atoms with Gasteiger partial charge in [-0.2, -0.15) is 4.31 Å². The maximum Gasteiger partial charge on any atom is 0.244 e. The molecule has 1 aromatic rings. The highest BCUT2D eigenvalue weighted by molar-refractivity contribution is 7.89.